The van der Waals surface area contributed by atoms with E-state index in [0.717, 1.165) is 0 Å². The topological polar surface area (TPSA) is 95.4 Å². The van der Waals surface area contributed by atoms with Gasteiger partial charge in [0.25, 0.3) is 0 Å². The first-order valence-electron chi connectivity index (χ1n) is 6.94. The van der Waals surface area contributed by atoms with Crippen molar-refractivity contribution >= 4 is 22.3 Å². The first-order chi connectivity index (χ1) is 11.0. The highest BCUT2D eigenvalue weighted by atomic mass is 16.3. The molecule has 0 spiro atoms. The van der Waals surface area contributed by atoms with Gasteiger partial charge in [0.2, 0.25) is 0 Å². The molecule has 2 N–H and O–H groups in total. The zero-order valence-corrected chi connectivity index (χ0v) is 12.6. The van der Waals surface area contributed by atoms with Gasteiger partial charge in [-0.05, 0) is 26.0 Å². The van der Waals surface area contributed by atoms with E-state index < -0.39 is 5.43 Å². The van der Waals surface area contributed by atoms with E-state index in [1.54, 1.807) is 31.2 Å². The van der Waals surface area contributed by atoms with Gasteiger partial charge in [-0.3, -0.25) is 4.79 Å². The lowest BCUT2D eigenvalue weighted by Crippen LogP contribution is -2.01. The van der Waals surface area contributed by atoms with Gasteiger partial charge in [-0.1, -0.05) is 18.2 Å². The second-order valence-electron chi connectivity index (χ2n) is 5.13. The van der Waals surface area contributed by atoms with Crippen LogP contribution in [0, 0.1) is 13.8 Å². The maximum atomic E-state index is 12.1. The Morgan fingerprint density at radius 3 is 2.39 bits per heavy atom. The summed E-state index contributed by atoms with van der Waals surface area (Å²) in [5, 5.41) is 28.4. The summed E-state index contributed by atoms with van der Waals surface area (Å²) in [7, 11) is 0. The minimum Gasteiger partial charge on any atom is -0.507 e. The first kappa shape index (κ1) is 14.8. The van der Waals surface area contributed by atoms with E-state index in [-0.39, 0.29) is 33.7 Å². The van der Waals surface area contributed by atoms with Gasteiger partial charge in [-0.15, -0.1) is 5.11 Å². The van der Waals surface area contributed by atoms with Crippen LogP contribution < -0.4 is 5.43 Å². The number of phenolic OH excluding ortho intramolecular Hbond substituents is 2. The van der Waals surface area contributed by atoms with Gasteiger partial charge in [0.15, 0.2) is 22.4 Å². The summed E-state index contributed by atoms with van der Waals surface area (Å²) in [6, 6.07) is 10.2. The average molecular weight is 310 g/mol. The molecule has 0 saturated heterocycles. The molecule has 23 heavy (non-hydrogen) atoms. The molecule has 0 amide bonds. The molecule has 1 aromatic heterocycles. The third-order valence-electron chi connectivity index (χ3n) is 3.48. The maximum absolute atomic E-state index is 12.1. The van der Waals surface area contributed by atoms with Crippen molar-refractivity contribution in [2.24, 2.45) is 10.2 Å². The lowest BCUT2D eigenvalue weighted by atomic mass is 10.1. The lowest BCUT2D eigenvalue weighted by molar-refractivity contribution is 0.445. The van der Waals surface area contributed by atoms with Crippen LogP contribution in [0.5, 0.6) is 11.5 Å². The fraction of sp³-hybridized carbons (Fsp3) is 0.118. The van der Waals surface area contributed by atoms with Crippen molar-refractivity contribution in [1.29, 1.82) is 0 Å². The van der Waals surface area contributed by atoms with E-state index in [9.17, 15) is 15.0 Å². The molecule has 0 atom stereocenters. The number of rotatable bonds is 2. The van der Waals surface area contributed by atoms with Gasteiger partial charge >= 0.3 is 0 Å². The Morgan fingerprint density at radius 2 is 1.70 bits per heavy atom. The SMILES string of the molecule is Cc1cc(=O)c2c(O)c(C)c(O)c(N=Nc3ccccc3)c2o1. The van der Waals surface area contributed by atoms with Gasteiger partial charge < -0.3 is 14.6 Å². The summed E-state index contributed by atoms with van der Waals surface area (Å²) >= 11 is 0. The van der Waals surface area contributed by atoms with Crippen LogP contribution in [0.25, 0.3) is 11.0 Å². The molecule has 3 aromatic rings. The van der Waals surface area contributed by atoms with E-state index in [4.69, 9.17) is 4.42 Å². The minimum absolute atomic E-state index is 0.00952. The molecular formula is C17H14N2O4. The number of nitrogens with zero attached hydrogens (tertiary/aromatic N) is 2. The highest BCUT2D eigenvalue weighted by Gasteiger charge is 2.20. The fourth-order valence-corrected chi connectivity index (χ4v) is 2.28. The van der Waals surface area contributed by atoms with Crippen LogP contribution in [0.4, 0.5) is 11.4 Å². The molecule has 1 heterocycles. The summed E-state index contributed by atoms with van der Waals surface area (Å²) < 4.78 is 5.50. The quantitative estimate of drug-likeness (QED) is 0.692. The van der Waals surface area contributed by atoms with E-state index in [1.807, 2.05) is 6.07 Å². The predicted octanol–water partition coefficient (Wildman–Crippen LogP) is 4.24. The van der Waals surface area contributed by atoms with Gasteiger partial charge in [0.05, 0.1) is 5.69 Å². The zero-order chi connectivity index (χ0) is 16.6. The maximum Gasteiger partial charge on any atom is 0.196 e. The Hall–Kier alpha value is -3.15. The molecule has 0 unspecified atom stereocenters. The van der Waals surface area contributed by atoms with Crippen molar-refractivity contribution in [3.8, 4) is 11.5 Å². The van der Waals surface area contributed by atoms with Crippen molar-refractivity contribution in [2.75, 3.05) is 0 Å². The highest BCUT2D eigenvalue weighted by molar-refractivity contribution is 5.96. The molecule has 0 aliphatic heterocycles. The normalized spacial score (nSPS) is 11.4. The molecule has 2 aromatic carbocycles. The Bertz CT molecular complexity index is 976. The summed E-state index contributed by atoms with van der Waals surface area (Å²) in [5.41, 5.74) is 0.354. The van der Waals surface area contributed by atoms with Gasteiger partial charge in [0.1, 0.15) is 16.9 Å². The molecule has 0 bridgehead atoms. The molecule has 0 saturated carbocycles. The van der Waals surface area contributed by atoms with E-state index >= 15 is 0 Å². The number of aryl methyl sites for hydroxylation is 1. The number of fused-ring (bicyclic) bond motifs is 1. The summed E-state index contributed by atoms with van der Waals surface area (Å²) in [6.45, 7) is 3.10. The molecule has 0 fully saturated rings. The molecule has 0 radical (unpaired) electrons. The predicted molar refractivity (Wildman–Crippen MR) is 85.9 cm³/mol. The number of hydrogen-bond donors (Lipinski definition) is 2. The van der Waals surface area contributed by atoms with Crippen molar-refractivity contribution in [3.63, 3.8) is 0 Å². The Morgan fingerprint density at radius 1 is 1.00 bits per heavy atom. The molecular weight excluding hydrogens is 296 g/mol. The summed E-state index contributed by atoms with van der Waals surface area (Å²) in [5.74, 6) is -0.241. The van der Waals surface area contributed by atoms with E-state index in [2.05, 4.69) is 10.2 Å². The minimum atomic E-state index is -0.402. The van der Waals surface area contributed by atoms with Crippen molar-refractivity contribution in [1.82, 2.24) is 0 Å². The van der Waals surface area contributed by atoms with Crippen molar-refractivity contribution < 1.29 is 14.6 Å². The van der Waals surface area contributed by atoms with Crippen LogP contribution in [0.15, 0.2) is 55.8 Å². The molecule has 6 nitrogen and oxygen atoms in total. The van der Waals surface area contributed by atoms with Crippen LogP contribution in [0.1, 0.15) is 11.3 Å². The zero-order valence-electron chi connectivity index (χ0n) is 12.6. The van der Waals surface area contributed by atoms with Gasteiger partial charge in [-0.25, -0.2) is 0 Å². The fourth-order valence-electron chi connectivity index (χ4n) is 2.28. The van der Waals surface area contributed by atoms with E-state index in [0.29, 0.717) is 11.4 Å². The van der Waals surface area contributed by atoms with Crippen LogP contribution in [-0.2, 0) is 0 Å². The number of phenols is 2. The summed E-state index contributed by atoms with van der Waals surface area (Å²) in [6.07, 6.45) is 0. The number of hydrogen-bond acceptors (Lipinski definition) is 6. The second-order valence-corrected chi connectivity index (χ2v) is 5.13. The molecule has 0 aliphatic rings. The smallest absolute Gasteiger partial charge is 0.196 e. The van der Waals surface area contributed by atoms with Gasteiger partial charge in [0, 0.05) is 11.6 Å². The third-order valence-corrected chi connectivity index (χ3v) is 3.48. The number of aromatic hydroxyl groups is 2. The Balaban J connectivity index is 2.32. The van der Waals surface area contributed by atoms with E-state index in [1.165, 1.54) is 13.0 Å². The largest absolute Gasteiger partial charge is 0.507 e. The number of benzene rings is 2. The van der Waals surface area contributed by atoms with Crippen LogP contribution in [0.2, 0.25) is 0 Å². The highest BCUT2D eigenvalue weighted by Crippen LogP contribution is 2.43. The van der Waals surface area contributed by atoms with Crippen molar-refractivity contribution in [3.05, 3.63) is 57.9 Å². The monoisotopic (exact) mass is 310 g/mol. The molecule has 3 rings (SSSR count). The average Bonchev–Trinajstić information content (AvgIpc) is 2.53. The Labute approximate surface area is 131 Å². The number of azo groups is 1. The molecule has 116 valence electrons. The van der Waals surface area contributed by atoms with Crippen molar-refractivity contribution in [2.45, 2.75) is 13.8 Å². The molecule has 0 aliphatic carbocycles. The van der Waals surface area contributed by atoms with Gasteiger partial charge in [-0.2, -0.15) is 5.11 Å². The first-order valence-corrected chi connectivity index (χ1v) is 6.94. The van der Waals surface area contributed by atoms with Crippen LogP contribution >= 0.6 is 0 Å². The second kappa shape index (κ2) is 5.57. The lowest BCUT2D eigenvalue weighted by Gasteiger charge is -2.09. The molecule has 6 heteroatoms. The van der Waals surface area contributed by atoms with Crippen LogP contribution in [0.3, 0.4) is 0 Å². The summed E-state index contributed by atoms with van der Waals surface area (Å²) in [4.78, 5) is 12.1. The third kappa shape index (κ3) is 2.55. The Kier molecular flexibility index (Phi) is 3.57. The standard InChI is InChI=1S/C17H14N2O4/c1-9-8-12(20)13-15(21)10(2)16(22)14(17(13)23-9)19-18-11-6-4-3-5-7-11/h3-8,21-22H,1-2H3. The van der Waals surface area contributed by atoms with Crippen LogP contribution in [-0.4, -0.2) is 10.2 Å².